The summed E-state index contributed by atoms with van der Waals surface area (Å²) in [6.45, 7) is 6.09. The van der Waals surface area contributed by atoms with E-state index in [0.717, 1.165) is 11.0 Å². The fraction of sp³-hybridized carbons (Fsp3) is 0.158. The fourth-order valence-electron chi connectivity index (χ4n) is 2.63. The molecule has 0 aliphatic heterocycles. The molecule has 0 radical (unpaired) electrons. The van der Waals surface area contributed by atoms with E-state index < -0.39 is 10.2 Å². The Balaban J connectivity index is 1.81. The van der Waals surface area contributed by atoms with Crippen LogP contribution in [0.4, 0.5) is 11.4 Å². The molecular weight excluding hydrogens is 364 g/mol. The molecule has 3 rings (SSSR count). The summed E-state index contributed by atoms with van der Waals surface area (Å²) in [5.41, 5.74) is 1.85. The van der Waals surface area contributed by atoms with E-state index in [9.17, 15) is 14.9 Å². The van der Waals surface area contributed by atoms with Gasteiger partial charge < -0.3 is 9.88 Å². The maximum atomic E-state index is 12.6. The van der Waals surface area contributed by atoms with E-state index >= 15 is 0 Å². The minimum absolute atomic E-state index is 0.137. The van der Waals surface area contributed by atoms with E-state index in [2.05, 4.69) is 16.9 Å². The lowest BCUT2D eigenvalue weighted by molar-refractivity contribution is -0.383. The summed E-state index contributed by atoms with van der Waals surface area (Å²) in [4.78, 5) is 27.8. The zero-order valence-corrected chi connectivity index (χ0v) is 15.5. The van der Waals surface area contributed by atoms with Gasteiger partial charge in [0.25, 0.3) is 5.69 Å². The van der Waals surface area contributed by atoms with Crippen LogP contribution in [0.25, 0.3) is 11.0 Å². The zero-order chi connectivity index (χ0) is 19.4. The van der Waals surface area contributed by atoms with Crippen LogP contribution in [0.1, 0.15) is 6.92 Å². The average molecular weight is 382 g/mol. The van der Waals surface area contributed by atoms with Gasteiger partial charge in [0.15, 0.2) is 5.16 Å². The van der Waals surface area contributed by atoms with Gasteiger partial charge >= 0.3 is 0 Å². The predicted octanol–water partition coefficient (Wildman–Crippen LogP) is 4.25. The van der Waals surface area contributed by atoms with Crippen LogP contribution in [0.2, 0.25) is 0 Å². The number of thioether (sulfide) groups is 1. The van der Waals surface area contributed by atoms with Crippen molar-refractivity contribution in [2.45, 2.75) is 23.9 Å². The van der Waals surface area contributed by atoms with Crippen molar-refractivity contribution in [1.82, 2.24) is 9.55 Å². The fourth-order valence-corrected chi connectivity index (χ4v) is 3.57. The Morgan fingerprint density at radius 2 is 2.04 bits per heavy atom. The molecule has 7 nitrogen and oxygen atoms in total. The second-order valence-electron chi connectivity index (χ2n) is 5.81. The first kappa shape index (κ1) is 18.7. The molecule has 3 aromatic rings. The van der Waals surface area contributed by atoms with E-state index in [1.807, 2.05) is 28.8 Å². The number of hydrogen-bond acceptors (Lipinski definition) is 5. The Kier molecular flexibility index (Phi) is 5.56. The van der Waals surface area contributed by atoms with Gasteiger partial charge in [-0.15, -0.1) is 6.58 Å². The van der Waals surface area contributed by atoms with Crippen molar-refractivity contribution in [2.75, 3.05) is 5.32 Å². The van der Waals surface area contributed by atoms with Gasteiger partial charge in [0.1, 0.15) is 5.69 Å². The minimum atomic E-state index is -0.517. The third-order valence-electron chi connectivity index (χ3n) is 3.94. The van der Waals surface area contributed by atoms with Gasteiger partial charge in [0.2, 0.25) is 5.91 Å². The summed E-state index contributed by atoms with van der Waals surface area (Å²) in [5, 5.41) is 13.9. The molecule has 0 saturated carbocycles. The first-order chi connectivity index (χ1) is 13.0. The Morgan fingerprint density at radius 3 is 2.78 bits per heavy atom. The van der Waals surface area contributed by atoms with E-state index in [1.54, 1.807) is 25.1 Å². The lowest BCUT2D eigenvalue weighted by atomic mass is 10.2. The molecule has 0 bridgehead atoms. The van der Waals surface area contributed by atoms with E-state index in [-0.39, 0.29) is 17.3 Å². The largest absolute Gasteiger partial charge is 0.319 e. The molecule has 1 atom stereocenters. The van der Waals surface area contributed by atoms with Crippen LogP contribution in [0.3, 0.4) is 0 Å². The second-order valence-corrected chi connectivity index (χ2v) is 7.11. The number of nitro benzene ring substituents is 1. The Bertz CT molecular complexity index is 1020. The summed E-state index contributed by atoms with van der Waals surface area (Å²) in [7, 11) is 0. The first-order valence-electron chi connectivity index (χ1n) is 8.28. The number of amides is 1. The van der Waals surface area contributed by atoms with Gasteiger partial charge in [-0.25, -0.2) is 4.98 Å². The van der Waals surface area contributed by atoms with Crippen molar-refractivity contribution in [3.05, 3.63) is 71.3 Å². The van der Waals surface area contributed by atoms with Crippen LogP contribution >= 0.6 is 11.8 Å². The molecule has 1 amide bonds. The molecular formula is C19H18N4O3S. The number of nitro groups is 1. The molecule has 138 valence electrons. The molecule has 0 aliphatic rings. The highest BCUT2D eigenvalue weighted by atomic mass is 32.2. The third-order valence-corrected chi connectivity index (χ3v) is 5.03. The van der Waals surface area contributed by atoms with Gasteiger partial charge in [-0.1, -0.05) is 42.1 Å². The number of para-hydroxylation sites is 4. The van der Waals surface area contributed by atoms with Crippen molar-refractivity contribution >= 4 is 40.1 Å². The number of carbonyl (C=O) groups excluding carboxylic acids is 1. The van der Waals surface area contributed by atoms with Crippen molar-refractivity contribution in [1.29, 1.82) is 0 Å². The number of aromatic nitrogens is 2. The summed E-state index contributed by atoms with van der Waals surface area (Å²) in [6, 6.07) is 13.8. The SMILES string of the molecule is C=CCn1c(S[C@@H](C)C(=O)Nc2ccccc2[N+](=O)[O-])nc2ccccc21. The van der Waals surface area contributed by atoms with E-state index in [1.165, 1.54) is 23.9 Å². The van der Waals surface area contributed by atoms with Crippen molar-refractivity contribution in [2.24, 2.45) is 0 Å². The van der Waals surface area contributed by atoms with Crippen LogP contribution in [-0.2, 0) is 11.3 Å². The molecule has 0 unspecified atom stereocenters. The van der Waals surface area contributed by atoms with Crippen LogP contribution in [0.15, 0.2) is 66.3 Å². The number of benzene rings is 2. The number of nitrogens with one attached hydrogen (secondary N) is 1. The molecule has 1 aromatic heterocycles. The summed E-state index contributed by atoms with van der Waals surface area (Å²) in [6.07, 6.45) is 1.77. The molecule has 8 heteroatoms. The maximum absolute atomic E-state index is 12.6. The van der Waals surface area contributed by atoms with Crippen LogP contribution < -0.4 is 5.32 Å². The number of nitrogens with zero attached hydrogens (tertiary/aromatic N) is 3. The highest BCUT2D eigenvalue weighted by molar-refractivity contribution is 8.00. The second kappa shape index (κ2) is 8.05. The van der Waals surface area contributed by atoms with Crippen LogP contribution in [-0.4, -0.2) is 25.6 Å². The monoisotopic (exact) mass is 382 g/mol. The smallest absolute Gasteiger partial charge is 0.292 e. The number of rotatable bonds is 7. The molecule has 1 heterocycles. The van der Waals surface area contributed by atoms with Crippen molar-refractivity contribution in [3.63, 3.8) is 0 Å². The topological polar surface area (TPSA) is 90.1 Å². The standard InChI is InChI=1S/C19H18N4O3S/c1-3-12-22-16-10-6-4-8-14(16)21-19(22)27-13(2)18(24)20-15-9-5-7-11-17(15)23(25)26/h3-11,13H,1,12H2,2H3,(H,20,24)/t13-/m0/s1. The van der Waals surface area contributed by atoms with Gasteiger partial charge in [-0.2, -0.15) is 0 Å². The summed E-state index contributed by atoms with van der Waals surface area (Å²) in [5.74, 6) is -0.327. The van der Waals surface area contributed by atoms with Crippen LogP contribution in [0.5, 0.6) is 0 Å². The molecule has 0 fully saturated rings. The molecule has 2 aromatic carbocycles. The summed E-state index contributed by atoms with van der Waals surface area (Å²) >= 11 is 1.30. The predicted molar refractivity (Wildman–Crippen MR) is 107 cm³/mol. The number of hydrogen-bond donors (Lipinski definition) is 1. The highest BCUT2D eigenvalue weighted by Crippen LogP contribution is 2.29. The number of anilines is 1. The lowest BCUT2D eigenvalue weighted by Crippen LogP contribution is -2.23. The quantitative estimate of drug-likeness (QED) is 0.285. The van der Waals surface area contributed by atoms with Gasteiger partial charge in [0.05, 0.1) is 21.2 Å². The van der Waals surface area contributed by atoms with Gasteiger partial charge in [-0.05, 0) is 25.1 Å². The number of imidazole rings is 1. The first-order valence-corrected chi connectivity index (χ1v) is 9.16. The summed E-state index contributed by atoms with van der Waals surface area (Å²) < 4.78 is 1.99. The molecule has 0 saturated heterocycles. The number of allylic oxidation sites excluding steroid dienone is 1. The number of fused-ring (bicyclic) bond motifs is 1. The molecule has 27 heavy (non-hydrogen) atoms. The maximum Gasteiger partial charge on any atom is 0.292 e. The third kappa shape index (κ3) is 4.01. The molecule has 0 aliphatic carbocycles. The molecule has 0 spiro atoms. The Labute approximate surface area is 160 Å². The minimum Gasteiger partial charge on any atom is -0.319 e. The van der Waals surface area contributed by atoms with Crippen LogP contribution in [0, 0.1) is 10.1 Å². The highest BCUT2D eigenvalue weighted by Gasteiger charge is 2.22. The Morgan fingerprint density at radius 1 is 1.33 bits per heavy atom. The lowest BCUT2D eigenvalue weighted by Gasteiger charge is -2.13. The zero-order valence-electron chi connectivity index (χ0n) is 14.7. The van der Waals surface area contributed by atoms with Gasteiger partial charge in [0, 0.05) is 12.6 Å². The number of carbonyl (C=O) groups is 1. The molecule has 1 N–H and O–H groups in total. The van der Waals surface area contributed by atoms with Crippen molar-refractivity contribution in [3.8, 4) is 0 Å². The van der Waals surface area contributed by atoms with E-state index in [4.69, 9.17) is 0 Å². The van der Waals surface area contributed by atoms with Crippen molar-refractivity contribution < 1.29 is 9.72 Å². The van der Waals surface area contributed by atoms with E-state index in [0.29, 0.717) is 11.7 Å². The normalized spacial score (nSPS) is 11.9. The average Bonchev–Trinajstić information content (AvgIpc) is 2.99. The van der Waals surface area contributed by atoms with Gasteiger partial charge in [-0.3, -0.25) is 14.9 Å². The Hall–Kier alpha value is -3.13.